The molecule has 0 aromatic carbocycles. The second-order valence-electron chi connectivity index (χ2n) is 4.61. The lowest BCUT2D eigenvalue weighted by Gasteiger charge is -2.24. The van der Waals surface area contributed by atoms with E-state index < -0.39 is 0 Å². The van der Waals surface area contributed by atoms with Crippen molar-refractivity contribution in [3.05, 3.63) is 16.1 Å². The molecule has 0 unspecified atom stereocenters. The van der Waals surface area contributed by atoms with E-state index in [9.17, 15) is 0 Å². The Bertz CT molecular complexity index is 410. The minimum atomic E-state index is 0.542. The number of nitrogens with one attached hydrogen (secondary N) is 1. The molecule has 0 amide bonds. The standard InChI is InChI=1S/C13H22Cl2N4/c1-5-19(8-6-7-18(3)4)13-11(15)9-10(14)12(16-2)17-13/h9H,5-8H2,1-4H3,(H,16,17). The largest absolute Gasteiger partial charge is 0.372 e. The van der Waals surface area contributed by atoms with Crippen LogP contribution in [0, 0.1) is 0 Å². The molecule has 1 aromatic rings. The molecule has 0 aliphatic heterocycles. The highest BCUT2D eigenvalue weighted by Gasteiger charge is 2.14. The second kappa shape index (κ2) is 7.78. The van der Waals surface area contributed by atoms with Crippen molar-refractivity contribution in [1.29, 1.82) is 0 Å². The van der Waals surface area contributed by atoms with Crippen LogP contribution in [0.25, 0.3) is 0 Å². The van der Waals surface area contributed by atoms with Gasteiger partial charge < -0.3 is 15.1 Å². The topological polar surface area (TPSA) is 31.4 Å². The number of hydrogen-bond donors (Lipinski definition) is 1. The third-order valence-electron chi connectivity index (χ3n) is 2.86. The first-order valence-corrected chi connectivity index (χ1v) is 7.18. The summed E-state index contributed by atoms with van der Waals surface area (Å²) in [5.41, 5.74) is 0. The van der Waals surface area contributed by atoms with E-state index in [-0.39, 0.29) is 0 Å². The molecule has 1 rings (SSSR count). The van der Waals surface area contributed by atoms with Crippen LogP contribution in [-0.4, -0.2) is 50.7 Å². The monoisotopic (exact) mass is 304 g/mol. The van der Waals surface area contributed by atoms with Crippen LogP contribution < -0.4 is 10.2 Å². The molecule has 0 saturated carbocycles. The zero-order chi connectivity index (χ0) is 14.4. The highest BCUT2D eigenvalue weighted by Crippen LogP contribution is 2.31. The summed E-state index contributed by atoms with van der Waals surface area (Å²) in [4.78, 5) is 8.84. The highest BCUT2D eigenvalue weighted by atomic mass is 35.5. The average Bonchev–Trinajstić information content (AvgIpc) is 2.35. The number of rotatable bonds is 7. The maximum Gasteiger partial charge on any atom is 0.149 e. The summed E-state index contributed by atoms with van der Waals surface area (Å²) in [5, 5.41) is 4.12. The normalized spacial score (nSPS) is 10.9. The van der Waals surface area contributed by atoms with Gasteiger partial charge in [-0.25, -0.2) is 4.98 Å². The Kier molecular flexibility index (Phi) is 6.69. The van der Waals surface area contributed by atoms with Crippen molar-refractivity contribution < 1.29 is 0 Å². The fourth-order valence-corrected chi connectivity index (χ4v) is 2.42. The Morgan fingerprint density at radius 2 is 1.89 bits per heavy atom. The average molecular weight is 305 g/mol. The third kappa shape index (κ3) is 4.71. The Balaban J connectivity index is 2.85. The molecule has 4 nitrogen and oxygen atoms in total. The lowest BCUT2D eigenvalue weighted by Crippen LogP contribution is -2.28. The molecule has 0 spiro atoms. The first kappa shape index (κ1) is 16.3. The van der Waals surface area contributed by atoms with Gasteiger partial charge in [0.1, 0.15) is 11.6 Å². The fraction of sp³-hybridized carbons (Fsp3) is 0.615. The van der Waals surface area contributed by atoms with Crippen molar-refractivity contribution in [3.63, 3.8) is 0 Å². The predicted octanol–water partition coefficient (Wildman–Crippen LogP) is 3.21. The van der Waals surface area contributed by atoms with E-state index in [0.29, 0.717) is 15.9 Å². The van der Waals surface area contributed by atoms with Gasteiger partial charge in [-0.05, 0) is 40.1 Å². The number of nitrogens with zero attached hydrogens (tertiary/aromatic N) is 3. The molecule has 19 heavy (non-hydrogen) atoms. The fourth-order valence-electron chi connectivity index (χ4n) is 1.85. The molecule has 0 fully saturated rings. The maximum atomic E-state index is 6.25. The molecule has 0 aliphatic carbocycles. The van der Waals surface area contributed by atoms with Crippen LogP contribution in [-0.2, 0) is 0 Å². The van der Waals surface area contributed by atoms with Crippen LogP contribution in [0.5, 0.6) is 0 Å². The Labute approximate surface area is 125 Å². The first-order valence-electron chi connectivity index (χ1n) is 6.43. The van der Waals surface area contributed by atoms with Crippen LogP contribution in [0.4, 0.5) is 11.6 Å². The summed E-state index contributed by atoms with van der Waals surface area (Å²) in [6, 6.07) is 1.74. The van der Waals surface area contributed by atoms with Gasteiger partial charge >= 0.3 is 0 Å². The molecule has 1 N–H and O–H groups in total. The van der Waals surface area contributed by atoms with Crippen LogP contribution in [0.3, 0.4) is 0 Å². The lowest BCUT2D eigenvalue weighted by molar-refractivity contribution is 0.400. The van der Waals surface area contributed by atoms with Crippen molar-refractivity contribution in [2.24, 2.45) is 0 Å². The third-order valence-corrected chi connectivity index (χ3v) is 3.43. The molecular formula is C13H22Cl2N4. The van der Waals surface area contributed by atoms with Gasteiger partial charge in [-0.1, -0.05) is 23.2 Å². The quantitative estimate of drug-likeness (QED) is 0.838. The zero-order valence-corrected chi connectivity index (χ0v) is 13.5. The van der Waals surface area contributed by atoms with E-state index in [4.69, 9.17) is 23.2 Å². The van der Waals surface area contributed by atoms with Crippen LogP contribution in [0.1, 0.15) is 13.3 Å². The minimum absolute atomic E-state index is 0.542. The van der Waals surface area contributed by atoms with Crippen LogP contribution in [0.2, 0.25) is 10.0 Å². The summed E-state index contributed by atoms with van der Waals surface area (Å²) >= 11 is 12.3. The van der Waals surface area contributed by atoms with E-state index in [1.165, 1.54) is 0 Å². The predicted molar refractivity (Wildman–Crippen MR) is 84.9 cm³/mol. The molecule has 108 valence electrons. The molecular weight excluding hydrogens is 283 g/mol. The van der Waals surface area contributed by atoms with Gasteiger partial charge in [-0.3, -0.25) is 0 Å². The van der Waals surface area contributed by atoms with Gasteiger partial charge in [-0.15, -0.1) is 0 Å². The minimum Gasteiger partial charge on any atom is -0.372 e. The summed E-state index contributed by atoms with van der Waals surface area (Å²) in [7, 11) is 5.94. The maximum absolute atomic E-state index is 6.25. The van der Waals surface area contributed by atoms with Crippen molar-refractivity contribution >= 4 is 34.8 Å². The van der Waals surface area contributed by atoms with Gasteiger partial charge in [0.15, 0.2) is 0 Å². The Morgan fingerprint density at radius 3 is 2.42 bits per heavy atom. The number of aromatic nitrogens is 1. The Morgan fingerprint density at radius 1 is 1.21 bits per heavy atom. The van der Waals surface area contributed by atoms with Gasteiger partial charge in [-0.2, -0.15) is 0 Å². The highest BCUT2D eigenvalue weighted by molar-refractivity contribution is 6.37. The summed E-state index contributed by atoms with van der Waals surface area (Å²) < 4.78 is 0. The van der Waals surface area contributed by atoms with Gasteiger partial charge in [0.2, 0.25) is 0 Å². The SMILES string of the molecule is CCN(CCCN(C)C)c1nc(NC)c(Cl)cc1Cl. The zero-order valence-electron chi connectivity index (χ0n) is 12.0. The number of halogens is 2. The van der Waals surface area contributed by atoms with E-state index in [1.807, 2.05) is 0 Å². The molecule has 0 saturated heterocycles. The van der Waals surface area contributed by atoms with E-state index in [2.05, 4.69) is 41.1 Å². The summed E-state index contributed by atoms with van der Waals surface area (Å²) in [5.74, 6) is 1.45. The van der Waals surface area contributed by atoms with Crippen molar-refractivity contribution in [3.8, 4) is 0 Å². The van der Waals surface area contributed by atoms with E-state index in [1.54, 1.807) is 13.1 Å². The van der Waals surface area contributed by atoms with Crippen LogP contribution in [0.15, 0.2) is 6.07 Å². The van der Waals surface area contributed by atoms with E-state index in [0.717, 1.165) is 31.9 Å². The molecule has 0 bridgehead atoms. The van der Waals surface area contributed by atoms with Crippen molar-refractivity contribution in [2.45, 2.75) is 13.3 Å². The number of hydrogen-bond acceptors (Lipinski definition) is 4. The second-order valence-corrected chi connectivity index (χ2v) is 5.43. The lowest BCUT2D eigenvalue weighted by atomic mass is 10.3. The van der Waals surface area contributed by atoms with Gasteiger partial charge in [0, 0.05) is 20.1 Å². The molecule has 0 atom stereocenters. The molecule has 6 heteroatoms. The smallest absolute Gasteiger partial charge is 0.149 e. The molecule has 0 aliphatic rings. The van der Waals surface area contributed by atoms with Gasteiger partial charge in [0.05, 0.1) is 10.0 Å². The summed E-state index contributed by atoms with van der Waals surface area (Å²) in [6.07, 6.45) is 1.07. The molecule has 0 radical (unpaired) electrons. The van der Waals surface area contributed by atoms with Crippen LogP contribution >= 0.6 is 23.2 Å². The summed E-state index contributed by atoms with van der Waals surface area (Å²) in [6.45, 7) is 4.93. The molecule has 1 heterocycles. The number of anilines is 2. The Hall–Kier alpha value is -0.710. The van der Waals surface area contributed by atoms with Gasteiger partial charge in [0.25, 0.3) is 0 Å². The van der Waals surface area contributed by atoms with Crippen molar-refractivity contribution in [1.82, 2.24) is 9.88 Å². The van der Waals surface area contributed by atoms with Crippen molar-refractivity contribution in [2.75, 3.05) is 51.0 Å². The number of pyridine rings is 1. The van der Waals surface area contributed by atoms with E-state index >= 15 is 0 Å². The first-order chi connectivity index (χ1) is 8.99. The molecule has 1 aromatic heterocycles.